The topological polar surface area (TPSA) is 24.6 Å². The molecule has 2 aliphatic rings. The van der Waals surface area contributed by atoms with E-state index in [1.54, 1.807) is 0 Å². The molecule has 0 saturated carbocycles. The van der Waals surface area contributed by atoms with Gasteiger partial charge in [0, 0.05) is 55.4 Å². The molecule has 0 atom stereocenters. The molecule has 0 N–H and O–H groups in total. The highest BCUT2D eigenvalue weighted by atomic mass is 16.3. The first-order valence-corrected chi connectivity index (χ1v) is 25.5. The number of nitrogens with zero attached hydrogens (tertiary/aromatic N) is 3. The van der Waals surface area contributed by atoms with Crippen molar-refractivity contribution < 1.29 is 4.42 Å². The number of rotatable bonds is 5. The van der Waals surface area contributed by atoms with Crippen LogP contribution in [0.15, 0.2) is 174 Å². The van der Waals surface area contributed by atoms with Gasteiger partial charge in [0.15, 0.2) is 0 Å². The first-order chi connectivity index (χ1) is 33.8. The molecule has 0 aliphatic carbocycles. The minimum atomic E-state index is -0.260. The van der Waals surface area contributed by atoms with Gasteiger partial charge in [-0.15, -0.1) is 0 Å². The van der Waals surface area contributed by atoms with Crippen molar-refractivity contribution in [3.63, 3.8) is 0 Å². The van der Waals surface area contributed by atoms with Gasteiger partial charge in [-0.3, -0.25) is 0 Å². The third-order valence-electron chi connectivity index (χ3n) is 15.4. The summed E-state index contributed by atoms with van der Waals surface area (Å²) in [6.07, 6.45) is 0. The predicted molar refractivity (Wildman–Crippen MR) is 305 cm³/mol. The Labute approximate surface area is 420 Å². The Balaban J connectivity index is 1.25. The van der Waals surface area contributed by atoms with Crippen molar-refractivity contribution in [2.75, 3.05) is 9.80 Å². The van der Waals surface area contributed by atoms with Crippen LogP contribution in [0, 0.1) is 0 Å². The predicted octanol–water partition coefficient (Wildman–Crippen LogP) is 17.3. The van der Waals surface area contributed by atoms with Gasteiger partial charge in [-0.2, -0.15) is 0 Å². The summed E-state index contributed by atoms with van der Waals surface area (Å²) in [5.74, 6) is 0. The maximum Gasteiger partial charge on any atom is 0.375 e. The van der Waals surface area contributed by atoms with E-state index >= 15 is 0 Å². The maximum absolute atomic E-state index is 7.49. The summed E-state index contributed by atoms with van der Waals surface area (Å²) in [4.78, 5) is 5.05. The molecule has 2 aliphatic heterocycles. The summed E-state index contributed by atoms with van der Waals surface area (Å²) in [5, 5.41) is 3.60. The average molecular weight is 926 g/mol. The van der Waals surface area contributed by atoms with Crippen LogP contribution in [0.4, 0.5) is 34.1 Å². The van der Waals surface area contributed by atoms with Crippen molar-refractivity contribution in [3.8, 4) is 22.3 Å². The van der Waals surface area contributed by atoms with Crippen molar-refractivity contribution in [3.05, 3.63) is 192 Å². The second kappa shape index (κ2) is 15.6. The number of anilines is 6. The smallest absolute Gasteiger partial charge is 0.375 e. The molecule has 8 aromatic carbocycles. The Hall–Kier alpha value is -7.24. The number of benzene rings is 8. The minimum absolute atomic E-state index is 0.0137. The normalized spacial score (nSPS) is 13.6. The Bertz CT molecular complexity index is 3740. The zero-order valence-electron chi connectivity index (χ0n) is 43.5. The summed E-state index contributed by atoms with van der Waals surface area (Å²) in [6.45, 7) is 27.7. The van der Waals surface area contributed by atoms with Gasteiger partial charge in [-0.25, -0.2) is 0 Å². The van der Waals surface area contributed by atoms with E-state index in [1.807, 2.05) is 0 Å². The fourth-order valence-corrected chi connectivity index (χ4v) is 11.4. The minimum Gasteiger partial charge on any atom is -0.466 e. The highest BCUT2D eigenvalue weighted by Crippen LogP contribution is 2.53. The first kappa shape index (κ1) is 44.9. The van der Waals surface area contributed by atoms with E-state index < -0.39 is 0 Å². The molecule has 5 heteroatoms. The molecular formula is C66H64BN3O. The van der Waals surface area contributed by atoms with E-state index in [1.165, 1.54) is 77.5 Å². The molecule has 0 radical (unpaired) electrons. The fourth-order valence-electron chi connectivity index (χ4n) is 11.4. The van der Waals surface area contributed by atoms with Crippen LogP contribution in [0.5, 0.6) is 0 Å². The van der Waals surface area contributed by atoms with Crippen molar-refractivity contribution in [1.82, 2.24) is 4.48 Å². The molecule has 0 bridgehead atoms. The molecule has 71 heavy (non-hydrogen) atoms. The number of fused-ring (bicyclic) bond motifs is 9. The molecule has 2 aromatic heterocycles. The van der Waals surface area contributed by atoms with Crippen molar-refractivity contribution in [2.24, 2.45) is 0 Å². The number of para-hydroxylation sites is 2. The second-order valence-corrected chi connectivity index (χ2v) is 24.3. The number of furan rings is 1. The molecule has 4 heterocycles. The van der Waals surface area contributed by atoms with E-state index in [2.05, 4.69) is 267 Å². The van der Waals surface area contributed by atoms with Crippen LogP contribution in [-0.4, -0.2) is 11.3 Å². The van der Waals surface area contributed by atoms with Gasteiger partial charge in [-0.05, 0) is 133 Å². The van der Waals surface area contributed by atoms with Gasteiger partial charge in [0.2, 0.25) is 0 Å². The van der Waals surface area contributed by atoms with E-state index in [0.717, 1.165) is 45.1 Å². The summed E-state index contributed by atoms with van der Waals surface area (Å²) >= 11 is 0. The second-order valence-electron chi connectivity index (χ2n) is 24.3. The Morgan fingerprint density at radius 1 is 0.465 bits per heavy atom. The van der Waals surface area contributed by atoms with Crippen LogP contribution in [0.3, 0.4) is 0 Å². The van der Waals surface area contributed by atoms with E-state index in [-0.39, 0.29) is 28.5 Å². The molecular weight excluding hydrogens is 862 g/mol. The third kappa shape index (κ3) is 7.09. The zero-order chi connectivity index (χ0) is 49.5. The summed E-state index contributed by atoms with van der Waals surface area (Å²) in [5.41, 5.74) is 22.2. The molecule has 4 nitrogen and oxygen atoms in total. The molecule has 0 spiro atoms. The van der Waals surface area contributed by atoms with Gasteiger partial charge >= 0.3 is 6.85 Å². The number of aromatic nitrogens is 1. The molecule has 352 valence electrons. The lowest BCUT2D eigenvalue weighted by Gasteiger charge is -2.40. The fraction of sp³-hybridized carbons (Fsp3) is 0.242. The molecule has 0 amide bonds. The lowest BCUT2D eigenvalue weighted by molar-refractivity contribution is 0.589. The summed E-state index contributed by atoms with van der Waals surface area (Å²) in [7, 11) is 0. The summed E-state index contributed by atoms with van der Waals surface area (Å²) < 4.78 is 10.1. The van der Waals surface area contributed by atoms with Crippen molar-refractivity contribution >= 4 is 84.9 Å². The first-order valence-electron chi connectivity index (χ1n) is 25.5. The van der Waals surface area contributed by atoms with E-state index in [4.69, 9.17) is 4.42 Å². The molecule has 0 fully saturated rings. The van der Waals surface area contributed by atoms with Gasteiger partial charge in [0.05, 0.1) is 17.1 Å². The Morgan fingerprint density at radius 3 is 1.72 bits per heavy atom. The van der Waals surface area contributed by atoms with Gasteiger partial charge in [-0.1, -0.05) is 180 Å². The lowest BCUT2D eigenvalue weighted by Crippen LogP contribution is -2.56. The molecule has 10 aromatic rings. The standard InChI is InChI=1S/C66H64BN3O/c1-63(2,3)42-30-33-47(34-31-42)69-56-40-45(66(10,11)12)37-49-50-38-44(65(7,8)9)39-52-58-54(68(46-24-17-14-18-25-46)53-27-20-19-26-48(53)41-22-15-13-16-23-41)28-21-29-55(58)70(60(50)52)67(59(49)56)62-61(69)51-36-43(64(4,5)6)32-35-57(51)71-62/h13-40H,1-12H3. The maximum atomic E-state index is 7.49. The SMILES string of the molecule is CC(C)(C)c1ccc(N2c3cc(C(C)(C)C)cc4c3B(c3oc5ccc(C(C)(C)C)cc5c32)n2c3cccc(N(c5ccccc5)c5ccccc5-c5ccccc5)c3c3cc(C(C)(C)C)cc-4c32)cc1. The van der Waals surface area contributed by atoms with Crippen LogP contribution < -0.4 is 20.9 Å². The zero-order valence-corrected chi connectivity index (χ0v) is 43.5. The molecule has 0 saturated heterocycles. The third-order valence-corrected chi connectivity index (χ3v) is 15.4. The molecule has 0 unspecified atom stereocenters. The van der Waals surface area contributed by atoms with Crippen molar-refractivity contribution in [2.45, 2.75) is 105 Å². The molecule has 12 rings (SSSR count). The Kier molecular flexibility index (Phi) is 9.89. The van der Waals surface area contributed by atoms with Crippen LogP contribution in [0.25, 0.3) is 55.0 Å². The van der Waals surface area contributed by atoms with Gasteiger partial charge in [0.1, 0.15) is 11.2 Å². The van der Waals surface area contributed by atoms with Gasteiger partial charge < -0.3 is 18.7 Å². The monoisotopic (exact) mass is 926 g/mol. The lowest BCUT2D eigenvalue weighted by atomic mass is 9.47. The average Bonchev–Trinajstić information content (AvgIpc) is 3.89. The van der Waals surface area contributed by atoms with Crippen molar-refractivity contribution in [1.29, 1.82) is 0 Å². The van der Waals surface area contributed by atoms with Crippen LogP contribution in [-0.2, 0) is 21.7 Å². The van der Waals surface area contributed by atoms with E-state index in [9.17, 15) is 0 Å². The highest BCUT2D eigenvalue weighted by Gasteiger charge is 2.47. The van der Waals surface area contributed by atoms with Crippen LogP contribution in [0.2, 0.25) is 0 Å². The van der Waals surface area contributed by atoms with Crippen LogP contribution >= 0.6 is 0 Å². The quantitative estimate of drug-likeness (QED) is 0.161. The largest absolute Gasteiger partial charge is 0.466 e. The Morgan fingerprint density at radius 2 is 1.04 bits per heavy atom. The van der Waals surface area contributed by atoms with E-state index in [0.29, 0.717) is 0 Å². The summed E-state index contributed by atoms with van der Waals surface area (Å²) in [6, 6.07) is 63.8. The van der Waals surface area contributed by atoms with Gasteiger partial charge in [0.25, 0.3) is 0 Å². The highest BCUT2D eigenvalue weighted by molar-refractivity contribution is 6.89. The number of hydrogen-bond acceptors (Lipinski definition) is 3. The van der Waals surface area contributed by atoms with Crippen LogP contribution in [0.1, 0.15) is 105 Å². The number of hydrogen-bond donors (Lipinski definition) is 0.